The molecule has 0 aliphatic rings. The third kappa shape index (κ3) is 2.93. The van der Waals surface area contributed by atoms with Gasteiger partial charge in [-0.25, -0.2) is 4.39 Å². The first-order chi connectivity index (χ1) is 8.47. The summed E-state index contributed by atoms with van der Waals surface area (Å²) in [4.78, 5) is 4.18. The minimum Gasteiger partial charge on any atom is -0.385 e. The van der Waals surface area contributed by atoms with Crippen molar-refractivity contribution >= 4 is 0 Å². The molecule has 1 atom stereocenters. The van der Waals surface area contributed by atoms with E-state index in [1.165, 1.54) is 12.1 Å². The molecule has 1 aromatic heterocycles. The second-order valence-electron chi connectivity index (χ2n) is 4.77. The molecular formula is C15H16FNO. The van der Waals surface area contributed by atoms with Crippen LogP contribution in [0.1, 0.15) is 23.7 Å². The zero-order chi connectivity index (χ0) is 13.2. The molecular weight excluding hydrogens is 229 g/mol. The molecule has 2 aromatic rings. The normalized spacial score (nSPS) is 14.2. The van der Waals surface area contributed by atoms with Crippen molar-refractivity contribution in [1.29, 1.82) is 0 Å². The molecule has 3 heteroatoms. The number of hydrogen-bond donors (Lipinski definition) is 1. The molecule has 0 amide bonds. The zero-order valence-corrected chi connectivity index (χ0v) is 10.5. The smallest absolute Gasteiger partial charge is 0.123 e. The van der Waals surface area contributed by atoms with Crippen molar-refractivity contribution in [3.05, 3.63) is 65.2 Å². The largest absolute Gasteiger partial charge is 0.385 e. The Balaban J connectivity index is 2.20. The maximum atomic E-state index is 12.8. The maximum Gasteiger partial charge on any atom is 0.123 e. The van der Waals surface area contributed by atoms with Gasteiger partial charge in [0.05, 0.1) is 5.60 Å². The average Bonchev–Trinajstić information content (AvgIpc) is 2.32. The van der Waals surface area contributed by atoms with Crippen LogP contribution in [0.2, 0.25) is 0 Å². The van der Waals surface area contributed by atoms with Crippen LogP contribution in [0, 0.1) is 12.7 Å². The summed E-state index contributed by atoms with van der Waals surface area (Å²) in [5.74, 6) is -0.268. The molecule has 1 unspecified atom stereocenters. The summed E-state index contributed by atoms with van der Waals surface area (Å²) in [6, 6.07) is 9.91. The lowest BCUT2D eigenvalue weighted by atomic mass is 9.90. The Hall–Kier alpha value is -1.74. The molecule has 1 N–H and O–H groups in total. The van der Waals surface area contributed by atoms with E-state index < -0.39 is 5.60 Å². The summed E-state index contributed by atoms with van der Waals surface area (Å²) in [6.45, 7) is 3.64. The average molecular weight is 245 g/mol. The summed E-state index contributed by atoms with van der Waals surface area (Å²) in [5.41, 5.74) is 1.56. The summed E-state index contributed by atoms with van der Waals surface area (Å²) in [5, 5.41) is 10.5. The summed E-state index contributed by atoms with van der Waals surface area (Å²) in [6.07, 6.45) is 2.11. The summed E-state index contributed by atoms with van der Waals surface area (Å²) >= 11 is 0. The summed E-state index contributed by atoms with van der Waals surface area (Å²) < 4.78 is 12.8. The Labute approximate surface area is 106 Å². The van der Waals surface area contributed by atoms with Gasteiger partial charge < -0.3 is 5.11 Å². The molecule has 0 aliphatic carbocycles. The van der Waals surface area contributed by atoms with Crippen LogP contribution in [0.15, 0.2) is 42.6 Å². The van der Waals surface area contributed by atoms with Crippen LogP contribution < -0.4 is 0 Å². The van der Waals surface area contributed by atoms with Crippen molar-refractivity contribution in [1.82, 2.24) is 4.98 Å². The number of benzene rings is 1. The van der Waals surface area contributed by atoms with Gasteiger partial charge in [-0.2, -0.15) is 0 Å². The third-order valence-electron chi connectivity index (χ3n) is 2.99. The Bertz CT molecular complexity index is 517. The minimum absolute atomic E-state index is 0.268. The monoisotopic (exact) mass is 245 g/mol. The van der Waals surface area contributed by atoms with Gasteiger partial charge in [0.25, 0.3) is 0 Å². The van der Waals surface area contributed by atoms with Gasteiger partial charge in [0.1, 0.15) is 5.82 Å². The molecule has 0 aliphatic heterocycles. The van der Waals surface area contributed by atoms with E-state index in [0.717, 1.165) is 16.8 Å². The van der Waals surface area contributed by atoms with Crippen molar-refractivity contribution in [2.45, 2.75) is 25.9 Å². The highest BCUT2D eigenvalue weighted by Gasteiger charge is 2.23. The van der Waals surface area contributed by atoms with Crippen LogP contribution >= 0.6 is 0 Å². The van der Waals surface area contributed by atoms with Crippen molar-refractivity contribution in [3.63, 3.8) is 0 Å². The lowest BCUT2D eigenvalue weighted by Crippen LogP contribution is -2.24. The van der Waals surface area contributed by atoms with Crippen LogP contribution in [0.25, 0.3) is 0 Å². The fourth-order valence-electron chi connectivity index (χ4n) is 1.89. The van der Waals surface area contributed by atoms with Gasteiger partial charge in [0.15, 0.2) is 0 Å². The minimum atomic E-state index is -1.00. The van der Waals surface area contributed by atoms with Crippen molar-refractivity contribution < 1.29 is 9.50 Å². The number of aliphatic hydroxyl groups is 1. The molecule has 0 saturated heterocycles. The number of halogens is 1. The zero-order valence-electron chi connectivity index (χ0n) is 10.5. The number of pyridine rings is 1. The Kier molecular flexibility index (Phi) is 3.43. The van der Waals surface area contributed by atoms with Gasteiger partial charge in [0.2, 0.25) is 0 Å². The van der Waals surface area contributed by atoms with Crippen LogP contribution in [0.3, 0.4) is 0 Å². The second-order valence-corrected chi connectivity index (χ2v) is 4.77. The van der Waals surface area contributed by atoms with Gasteiger partial charge in [0, 0.05) is 23.9 Å². The van der Waals surface area contributed by atoms with Crippen LogP contribution in [0.4, 0.5) is 4.39 Å². The molecule has 0 spiro atoms. The molecule has 1 heterocycles. The first-order valence-electron chi connectivity index (χ1n) is 5.87. The molecule has 0 fully saturated rings. The van der Waals surface area contributed by atoms with Gasteiger partial charge >= 0.3 is 0 Å². The lowest BCUT2D eigenvalue weighted by Gasteiger charge is -2.23. The first kappa shape index (κ1) is 12.7. The SMILES string of the molecule is Cc1ccc(C(C)(O)Cc2ccc(F)cc2)cn1. The lowest BCUT2D eigenvalue weighted by molar-refractivity contribution is 0.0572. The molecule has 18 heavy (non-hydrogen) atoms. The van der Waals surface area contributed by atoms with Crippen molar-refractivity contribution in [3.8, 4) is 0 Å². The highest BCUT2D eigenvalue weighted by Crippen LogP contribution is 2.24. The number of aromatic nitrogens is 1. The Morgan fingerprint density at radius 2 is 1.83 bits per heavy atom. The first-order valence-corrected chi connectivity index (χ1v) is 5.87. The second kappa shape index (κ2) is 4.86. The number of rotatable bonds is 3. The fourth-order valence-corrected chi connectivity index (χ4v) is 1.89. The summed E-state index contributed by atoms with van der Waals surface area (Å²) in [7, 11) is 0. The number of nitrogens with zero attached hydrogens (tertiary/aromatic N) is 1. The predicted molar refractivity (Wildman–Crippen MR) is 68.6 cm³/mol. The molecule has 0 bridgehead atoms. The van der Waals surface area contributed by atoms with E-state index in [4.69, 9.17) is 0 Å². The van der Waals surface area contributed by atoms with Crippen molar-refractivity contribution in [2.24, 2.45) is 0 Å². The van der Waals surface area contributed by atoms with E-state index >= 15 is 0 Å². The van der Waals surface area contributed by atoms with Gasteiger partial charge in [-0.3, -0.25) is 4.98 Å². The topological polar surface area (TPSA) is 33.1 Å². The van der Waals surface area contributed by atoms with E-state index in [2.05, 4.69) is 4.98 Å². The Morgan fingerprint density at radius 3 is 2.39 bits per heavy atom. The predicted octanol–water partition coefficient (Wildman–Crippen LogP) is 2.98. The van der Waals surface area contributed by atoms with E-state index in [-0.39, 0.29) is 5.82 Å². The fraction of sp³-hybridized carbons (Fsp3) is 0.267. The van der Waals surface area contributed by atoms with E-state index in [1.807, 2.05) is 19.1 Å². The van der Waals surface area contributed by atoms with Crippen LogP contribution in [0.5, 0.6) is 0 Å². The molecule has 2 rings (SSSR count). The highest BCUT2D eigenvalue weighted by atomic mass is 19.1. The standard InChI is InChI=1S/C15H16FNO/c1-11-3-6-13(10-17-11)15(2,18)9-12-4-7-14(16)8-5-12/h3-8,10,18H,9H2,1-2H3. The quantitative estimate of drug-likeness (QED) is 0.901. The van der Waals surface area contributed by atoms with Crippen LogP contribution in [-0.4, -0.2) is 10.1 Å². The molecule has 0 saturated carbocycles. The molecule has 94 valence electrons. The number of hydrogen-bond acceptors (Lipinski definition) is 2. The maximum absolute atomic E-state index is 12.8. The third-order valence-corrected chi connectivity index (χ3v) is 2.99. The van der Waals surface area contributed by atoms with Gasteiger partial charge in [-0.1, -0.05) is 18.2 Å². The van der Waals surface area contributed by atoms with Gasteiger partial charge in [-0.05, 0) is 37.6 Å². The van der Waals surface area contributed by atoms with Crippen molar-refractivity contribution in [2.75, 3.05) is 0 Å². The molecule has 0 radical (unpaired) electrons. The molecule has 1 aromatic carbocycles. The van der Waals surface area contributed by atoms with E-state index in [9.17, 15) is 9.50 Å². The van der Waals surface area contributed by atoms with E-state index in [0.29, 0.717) is 6.42 Å². The number of aryl methyl sites for hydroxylation is 1. The Morgan fingerprint density at radius 1 is 1.17 bits per heavy atom. The van der Waals surface area contributed by atoms with Crippen LogP contribution in [-0.2, 0) is 12.0 Å². The van der Waals surface area contributed by atoms with Gasteiger partial charge in [-0.15, -0.1) is 0 Å². The molecule has 2 nitrogen and oxygen atoms in total. The van der Waals surface area contributed by atoms with E-state index in [1.54, 1.807) is 25.3 Å². The highest BCUT2D eigenvalue weighted by molar-refractivity contribution is 5.25.